The van der Waals surface area contributed by atoms with Crippen molar-refractivity contribution in [1.82, 2.24) is 4.98 Å². The maximum atomic E-state index is 12.8. The number of rotatable bonds is 5. The quantitative estimate of drug-likeness (QED) is 0.800. The average Bonchev–Trinajstić information content (AvgIpc) is 2.98. The van der Waals surface area contributed by atoms with Crippen LogP contribution in [0.3, 0.4) is 0 Å². The van der Waals surface area contributed by atoms with Crippen LogP contribution in [0.2, 0.25) is 0 Å². The van der Waals surface area contributed by atoms with Crippen molar-refractivity contribution in [3.63, 3.8) is 0 Å². The second-order valence-electron chi connectivity index (χ2n) is 6.13. The molecule has 0 aromatic carbocycles. The first-order valence-electron chi connectivity index (χ1n) is 8.15. The summed E-state index contributed by atoms with van der Waals surface area (Å²) in [6.45, 7) is 0. The summed E-state index contributed by atoms with van der Waals surface area (Å²) in [7, 11) is -3.49. The lowest BCUT2D eigenvalue weighted by atomic mass is 9.97. The Kier molecular flexibility index (Phi) is 5.39. The number of hydrogen-bond acceptors (Lipinski definition) is 6. The van der Waals surface area contributed by atoms with Crippen LogP contribution in [0.4, 0.5) is 5.00 Å². The van der Waals surface area contributed by atoms with E-state index in [0.717, 1.165) is 43.9 Å². The predicted octanol–water partition coefficient (Wildman–Crippen LogP) is 3.67. The Balaban J connectivity index is 1.95. The van der Waals surface area contributed by atoms with E-state index in [-0.39, 0.29) is 16.7 Å². The molecular formula is C17H20N2O4S2. The molecule has 0 aliphatic heterocycles. The average molecular weight is 380 g/mol. The van der Waals surface area contributed by atoms with Crippen LogP contribution in [0.25, 0.3) is 11.1 Å². The Labute approximate surface area is 151 Å². The lowest BCUT2D eigenvalue weighted by Crippen LogP contribution is -2.22. The van der Waals surface area contributed by atoms with Gasteiger partial charge in [0.05, 0.1) is 6.26 Å². The molecule has 0 radical (unpaired) electrons. The van der Waals surface area contributed by atoms with Gasteiger partial charge in [0.1, 0.15) is 16.7 Å². The number of sulfonamides is 1. The number of nitrogens with one attached hydrogen (secondary N) is 1. The third-order valence-electron chi connectivity index (χ3n) is 4.09. The summed E-state index contributed by atoms with van der Waals surface area (Å²) in [5.74, 6) is -0.480. The van der Waals surface area contributed by atoms with Crippen molar-refractivity contribution in [2.24, 2.45) is 0 Å². The van der Waals surface area contributed by atoms with E-state index < -0.39 is 16.0 Å². The molecule has 6 nitrogen and oxygen atoms in total. The van der Waals surface area contributed by atoms with E-state index in [0.29, 0.717) is 5.56 Å². The minimum absolute atomic E-state index is 0.0995. The number of carbonyl (C=O) groups excluding carboxylic acids is 1. The summed E-state index contributed by atoms with van der Waals surface area (Å²) >= 11 is 1.18. The molecule has 1 fully saturated rings. The van der Waals surface area contributed by atoms with Gasteiger partial charge < -0.3 is 4.74 Å². The molecule has 2 heterocycles. The first-order valence-corrected chi connectivity index (χ1v) is 10.9. The lowest BCUT2D eigenvalue weighted by molar-refractivity contribution is 0.0214. The van der Waals surface area contributed by atoms with Gasteiger partial charge in [0.15, 0.2) is 0 Å². The Bertz CT molecular complexity index is 841. The van der Waals surface area contributed by atoms with E-state index in [4.69, 9.17) is 4.74 Å². The zero-order chi connectivity index (χ0) is 17.9. The summed E-state index contributed by atoms with van der Waals surface area (Å²) < 4.78 is 31.4. The van der Waals surface area contributed by atoms with Crippen molar-refractivity contribution >= 4 is 32.3 Å². The molecule has 0 bridgehead atoms. The molecule has 25 heavy (non-hydrogen) atoms. The molecule has 0 saturated heterocycles. The fraction of sp³-hybridized carbons (Fsp3) is 0.412. The summed E-state index contributed by atoms with van der Waals surface area (Å²) in [6.07, 6.45) is 9.20. The molecule has 1 aliphatic rings. The van der Waals surface area contributed by atoms with Crippen LogP contribution in [0.1, 0.15) is 42.5 Å². The van der Waals surface area contributed by atoms with E-state index in [1.165, 1.54) is 11.3 Å². The first kappa shape index (κ1) is 17.9. The van der Waals surface area contributed by atoms with Crippen LogP contribution in [-0.4, -0.2) is 31.7 Å². The number of hydrogen-bond donors (Lipinski definition) is 1. The van der Waals surface area contributed by atoms with Crippen LogP contribution in [0, 0.1) is 0 Å². The third-order valence-corrected chi connectivity index (χ3v) is 5.69. The van der Waals surface area contributed by atoms with Crippen molar-refractivity contribution in [1.29, 1.82) is 0 Å². The minimum Gasteiger partial charge on any atom is -0.459 e. The van der Waals surface area contributed by atoms with E-state index in [1.807, 2.05) is 0 Å². The molecule has 2 aromatic heterocycles. The van der Waals surface area contributed by atoms with Gasteiger partial charge in [0.2, 0.25) is 10.0 Å². The van der Waals surface area contributed by atoms with E-state index >= 15 is 0 Å². The fourth-order valence-electron chi connectivity index (χ4n) is 2.94. The molecule has 0 spiro atoms. The number of anilines is 1. The molecule has 3 rings (SSSR count). The molecule has 1 saturated carbocycles. The van der Waals surface area contributed by atoms with Gasteiger partial charge in [-0.1, -0.05) is 6.42 Å². The highest BCUT2D eigenvalue weighted by Crippen LogP contribution is 2.37. The van der Waals surface area contributed by atoms with Crippen molar-refractivity contribution in [2.45, 2.75) is 38.2 Å². The molecule has 1 N–H and O–H groups in total. The molecule has 1 aliphatic carbocycles. The van der Waals surface area contributed by atoms with Gasteiger partial charge >= 0.3 is 5.97 Å². The van der Waals surface area contributed by atoms with E-state index in [2.05, 4.69) is 9.71 Å². The molecular weight excluding hydrogens is 360 g/mol. The third kappa shape index (κ3) is 4.58. The summed E-state index contributed by atoms with van der Waals surface area (Å²) in [5, 5.41) is 2.05. The molecule has 2 aromatic rings. The van der Waals surface area contributed by atoms with Crippen LogP contribution in [0.15, 0.2) is 29.9 Å². The smallest absolute Gasteiger partial charge is 0.342 e. The van der Waals surface area contributed by atoms with Gasteiger partial charge in [0, 0.05) is 23.3 Å². The highest BCUT2D eigenvalue weighted by Gasteiger charge is 2.26. The number of carbonyl (C=O) groups is 1. The fourth-order valence-corrected chi connectivity index (χ4v) is 4.83. The second kappa shape index (κ2) is 7.53. The summed E-state index contributed by atoms with van der Waals surface area (Å²) in [5.41, 5.74) is 1.72. The van der Waals surface area contributed by atoms with Crippen molar-refractivity contribution < 1.29 is 17.9 Å². The Morgan fingerprint density at radius 3 is 2.56 bits per heavy atom. The predicted molar refractivity (Wildman–Crippen MR) is 98.3 cm³/mol. The highest BCUT2D eigenvalue weighted by atomic mass is 32.2. The Hall–Kier alpha value is -1.93. The van der Waals surface area contributed by atoms with Crippen molar-refractivity contribution in [3.8, 4) is 11.1 Å². The SMILES string of the molecule is CS(=O)(=O)Nc1scc(-c2ccncc2)c1C(=O)OC1CCCCC1. The van der Waals surface area contributed by atoms with Gasteiger partial charge in [-0.2, -0.15) is 0 Å². The van der Waals surface area contributed by atoms with Crippen LogP contribution < -0.4 is 4.72 Å². The molecule has 134 valence electrons. The zero-order valence-electron chi connectivity index (χ0n) is 13.9. The Morgan fingerprint density at radius 2 is 1.92 bits per heavy atom. The van der Waals surface area contributed by atoms with Crippen molar-refractivity contribution in [2.75, 3.05) is 11.0 Å². The minimum atomic E-state index is -3.49. The van der Waals surface area contributed by atoms with Crippen LogP contribution in [-0.2, 0) is 14.8 Å². The number of nitrogens with zero attached hydrogens (tertiary/aromatic N) is 1. The van der Waals surface area contributed by atoms with E-state index in [9.17, 15) is 13.2 Å². The second-order valence-corrected chi connectivity index (χ2v) is 8.76. The molecule has 0 amide bonds. The van der Waals surface area contributed by atoms with Crippen LogP contribution in [0.5, 0.6) is 0 Å². The Morgan fingerprint density at radius 1 is 1.24 bits per heavy atom. The largest absolute Gasteiger partial charge is 0.459 e. The van der Waals surface area contributed by atoms with Gasteiger partial charge in [-0.05, 0) is 43.4 Å². The molecule has 0 atom stereocenters. The number of ether oxygens (including phenoxy) is 1. The summed E-state index contributed by atoms with van der Waals surface area (Å²) in [4.78, 5) is 16.8. The topological polar surface area (TPSA) is 85.4 Å². The molecule has 8 heteroatoms. The maximum Gasteiger partial charge on any atom is 0.342 e. The number of thiophene rings is 1. The summed E-state index contributed by atoms with van der Waals surface area (Å²) in [6, 6.07) is 3.56. The van der Waals surface area contributed by atoms with Gasteiger partial charge in [-0.15, -0.1) is 11.3 Å². The first-order chi connectivity index (χ1) is 11.9. The number of aromatic nitrogens is 1. The van der Waals surface area contributed by atoms with Gasteiger partial charge in [0.25, 0.3) is 0 Å². The zero-order valence-corrected chi connectivity index (χ0v) is 15.5. The highest BCUT2D eigenvalue weighted by molar-refractivity contribution is 7.92. The van der Waals surface area contributed by atoms with Gasteiger partial charge in [-0.25, -0.2) is 13.2 Å². The normalized spacial score (nSPS) is 15.7. The van der Waals surface area contributed by atoms with Crippen molar-refractivity contribution in [3.05, 3.63) is 35.5 Å². The monoisotopic (exact) mass is 380 g/mol. The van der Waals surface area contributed by atoms with E-state index in [1.54, 1.807) is 29.9 Å². The maximum absolute atomic E-state index is 12.8. The standard InChI is InChI=1S/C17H20N2O4S2/c1-25(21,22)19-16-15(17(20)23-13-5-3-2-4-6-13)14(11-24-16)12-7-9-18-10-8-12/h7-11,13,19H,2-6H2,1H3. The van der Waals surface area contributed by atoms with Crippen LogP contribution >= 0.6 is 11.3 Å². The number of pyridine rings is 1. The van der Waals surface area contributed by atoms with Gasteiger partial charge in [-0.3, -0.25) is 9.71 Å². The molecule has 0 unspecified atom stereocenters. The number of esters is 1. The lowest BCUT2D eigenvalue weighted by Gasteiger charge is -2.22.